The van der Waals surface area contributed by atoms with Crippen molar-refractivity contribution in [1.82, 2.24) is 0 Å². The molecule has 4 unspecified atom stereocenters. The summed E-state index contributed by atoms with van der Waals surface area (Å²) in [7, 11) is 0. The van der Waals surface area contributed by atoms with E-state index in [4.69, 9.17) is 15.4 Å². The molecule has 1 aliphatic heterocycles. The van der Waals surface area contributed by atoms with Crippen molar-refractivity contribution in [2.45, 2.75) is 37.9 Å². The highest BCUT2D eigenvalue weighted by molar-refractivity contribution is 4.85. The lowest BCUT2D eigenvalue weighted by Crippen LogP contribution is -2.45. The van der Waals surface area contributed by atoms with Crippen LogP contribution in [0.25, 0.3) is 10.4 Å². The predicted molar refractivity (Wildman–Crippen MR) is 40.1 cm³/mol. The molecule has 6 nitrogen and oxygen atoms in total. The Morgan fingerprint density at radius 3 is 2.83 bits per heavy atom. The molecule has 12 heavy (non-hydrogen) atoms. The minimum atomic E-state index is -0.945. The summed E-state index contributed by atoms with van der Waals surface area (Å²) >= 11 is 0. The van der Waals surface area contributed by atoms with Gasteiger partial charge in [-0.2, -0.15) is 0 Å². The van der Waals surface area contributed by atoms with Gasteiger partial charge in [0, 0.05) is 11.3 Å². The number of azide groups is 1. The van der Waals surface area contributed by atoms with E-state index in [0.717, 1.165) is 0 Å². The molecule has 1 rings (SSSR count). The van der Waals surface area contributed by atoms with Crippen molar-refractivity contribution in [2.24, 2.45) is 5.11 Å². The fourth-order valence-electron chi connectivity index (χ4n) is 1.22. The van der Waals surface area contributed by atoms with Crippen molar-refractivity contribution in [2.75, 3.05) is 0 Å². The fourth-order valence-corrected chi connectivity index (χ4v) is 1.22. The van der Waals surface area contributed by atoms with Crippen LogP contribution in [0.1, 0.15) is 13.3 Å². The maximum absolute atomic E-state index is 9.39. The van der Waals surface area contributed by atoms with Gasteiger partial charge in [0.2, 0.25) is 0 Å². The largest absolute Gasteiger partial charge is 0.390 e. The molecular formula is C6H11N3O3. The fraction of sp³-hybridized carbons (Fsp3) is 1.00. The van der Waals surface area contributed by atoms with Gasteiger partial charge in [0.25, 0.3) is 0 Å². The maximum Gasteiger partial charge on any atom is 0.155 e. The third kappa shape index (κ3) is 1.86. The van der Waals surface area contributed by atoms with Crippen LogP contribution in [0, 0.1) is 0 Å². The zero-order valence-electron chi connectivity index (χ0n) is 6.66. The number of aliphatic hydroxyl groups is 2. The van der Waals surface area contributed by atoms with Gasteiger partial charge in [0.1, 0.15) is 0 Å². The van der Waals surface area contributed by atoms with E-state index in [0.29, 0.717) is 0 Å². The molecule has 0 aromatic heterocycles. The van der Waals surface area contributed by atoms with Gasteiger partial charge in [-0.1, -0.05) is 5.11 Å². The summed E-state index contributed by atoms with van der Waals surface area (Å²) in [6, 6.07) is -0.589. The SMILES string of the molecule is CC1OC(O)CC(N=[N+]=[N-])C1O. The van der Waals surface area contributed by atoms with E-state index in [1.807, 2.05) is 0 Å². The smallest absolute Gasteiger partial charge is 0.155 e. The Morgan fingerprint density at radius 2 is 2.25 bits per heavy atom. The highest BCUT2D eigenvalue weighted by atomic mass is 16.6. The van der Waals surface area contributed by atoms with E-state index in [1.54, 1.807) is 6.92 Å². The minimum Gasteiger partial charge on any atom is -0.390 e. The van der Waals surface area contributed by atoms with Gasteiger partial charge in [-0.05, 0) is 12.5 Å². The van der Waals surface area contributed by atoms with Gasteiger partial charge in [0.05, 0.1) is 18.2 Å². The molecule has 0 spiro atoms. The zero-order chi connectivity index (χ0) is 9.14. The highest BCUT2D eigenvalue weighted by Crippen LogP contribution is 2.21. The summed E-state index contributed by atoms with van der Waals surface area (Å²) in [6.45, 7) is 1.62. The second kappa shape index (κ2) is 3.73. The van der Waals surface area contributed by atoms with Crippen molar-refractivity contribution in [3.05, 3.63) is 10.4 Å². The summed E-state index contributed by atoms with van der Waals surface area (Å²) in [4.78, 5) is 2.58. The maximum atomic E-state index is 9.39. The van der Waals surface area contributed by atoms with E-state index < -0.39 is 24.5 Å². The van der Waals surface area contributed by atoms with Gasteiger partial charge in [-0.15, -0.1) is 0 Å². The molecule has 4 atom stereocenters. The molecule has 0 aromatic carbocycles. The quantitative estimate of drug-likeness (QED) is 0.335. The second-order valence-corrected chi connectivity index (χ2v) is 2.79. The van der Waals surface area contributed by atoms with Crippen LogP contribution in [0.4, 0.5) is 0 Å². The van der Waals surface area contributed by atoms with Gasteiger partial charge < -0.3 is 14.9 Å². The van der Waals surface area contributed by atoms with Gasteiger partial charge in [-0.25, -0.2) is 0 Å². The summed E-state index contributed by atoms with van der Waals surface area (Å²) in [5.41, 5.74) is 8.13. The summed E-state index contributed by atoms with van der Waals surface area (Å²) < 4.78 is 4.90. The minimum absolute atomic E-state index is 0.148. The first-order valence-electron chi connectivity index (χ1n) is 3.71. The molecule has 1 heterocycles. The molecule has 68 valence electrons. The third-order valence-corrected chi connectivity index (χ3v) is 1.89. The molecule has 0 saturated carbocycles. The molecule has 0 bridgehead atoms. The van der Waals surface area contributed by atoms with E-state index in [-0.39, 0.29) is 6.42 Å². The predicted octanol–water partition coefficient (Wildman–Crippen LogP) is 0.153. The van der Waals surface area contributed by atoms with Crippen LogP contribution in [-0.4, -0.2) is 34.8 Å². The molecule has 0 aromatic rings. The second-order valence-electron chi connectivity index (χ2n) is 2.79. The Hall–Kier alpha value is -0.810. The monoisotopic (exact) mass is 173 g/mol. The summed E-state index contributed by atoms with van der Waals surface area (Å²) in [5, 5.41) is 21.8. The standard InChI is InChI=1S/C6H11N3O3/c1-3-6(11)4(8-9-7)2-5(10)12-3/h3-6,10-11H,2H2,1H3. The normalized spacial score (nSPS) is 41.9. The van der Waals surface area contributed by atoms with Crippen LogP contribution in [-0.2, 0) is 4.74 Å². The number of hydrogen-bond donors (Lipinski definition) is 2. The average molecular weight is 173 g/mol. The number of hydrogen-bond acceptors (Lipinski definition) is 4. The van der Waals surface area contributed by atoms with Crippen LogP contribution in [0.15, 0.2) is 5.11 Å². The Bertz CT molecular complexity index is 204. The van der Waals surface area contributed by atoms with Crippen LogP contribution >= 0.6 is 0 Å². The number of ether oxygens (including phenoxy) is 1. The van der Waals surface area contributed by atoms with Crippen LogP contribution < -0.4 is 0 Å². The van der Waals surface area contributed by atoms with Gasteiger partial charge >= 0.3 is 0 Å². The number of aliphatic hydroxyl groups excluding tert-OH is 2. The Morgan fingerprint density at radius 1 is 1.58 bits per heavy atom. The molecule has 1 aliphatic rings. The van der Waals surface area contributed by atoms with Gasteiger partial charge in [-0.3, -0.25) is 0 Å². The topological polar surface area (TPSA) is 98.5 Å². The Balaban J connectivity index is 2.65. The molecule has 1 saturated heterocycles. The summed E-state index contributed by atoms with van der Waals surface area (Å²) in [6.07, 6.45) is -2.12. The van der Waals surface area contributed by atoms with Crippen LogP contribution in [0.2, 0.25) is 0 Å². The van der Waals surface area contributed by atoms with Gasteiger partial charge in [0.15, 0.2) is 6.29 Å². The number of nitrogens with zero attached hydrogens (tertiary/aromatic N) is 3. The van der Waals surface area contributed by atoms with E-state index in [1.165, 1.54) is 0 Å². The molecule has 0 radical (unpaired) electrons. The van der Waals surface area contributed by atoms with Crippen LogP contribution in [0.5, 0.6) is 0 Å². The summed E-state index contributed by atoms with van der Waals surface area (Å²) in [5.74, 6) is 0. The lowest BCUT2D eigenvalue weighted by Gasteiger charge is -2.33. The van der Waals surface area contributed by atoms with Crippen molar-refractivity contribution in [3.8, 4) is 0 Å². The van der Waals surface area contributed by atoms with Crippen molar-refractivity contribution < 1.29 is 14.9 Å². The molecule has 6 heteroatoms. The first kappa shape index (κ1) is 9.28. The first-order valence-corrected chi connectivity index (χ1v) is 3.71. The van der Waals surface area contributed by atoms with Crippen LogP contribution in [0.3, 0.4) is 0 Å². The molecule has 2 N–H and O–H groups in total. The highest BCUT2D eigenvalue weighted by Gasteiger charge is 2.33. The van der Waals surface area contributed by atoms with Crippen molar-refractivity contribution in [1.29, 1.82) is 0 Å². The Kier molecular flexibility index (Phi) is 2.88. The first-order chi connectivity index (χ1) is 5.65. The van der Waals surface area contributed by atoms with E-state index in [9.17, 15) is 5.11 Å². The molecular weight excluding hydrogens is 162 g/mol. The molecule has 0 aliphatic carbocycles. The zero-order valence-corrected chi connectivity index (χ0v) is 6.66. The lowest BCUT2D eigenvalue weighted by atomic mass is 10.0. The number of rotatable bonds is 1. The lowest BCUT2D eigenvalue weighted by molar-refractivity contribution is -0.198. The van der Waals surface area contributed by atoms with E-state index in [2.05, 4.69) is 10.0 Å². The third-order valence-electron chi connectivity index (χ3n) is 1.89. The molecule has 1 fully saturated rings. The van der Waals surface area contributed by atoms with Crippen molar-refractivity contribution >= 4 is 0 Å². The van der Waals surface area contributed by atoms with E-state index >= 15 is 0 Å². The van der Waals surface area contributed by atoms with Crippen molar-refractivity contribution in [3.63, 3.8) is 0 Å². The Labute approximate surface area is 69.4 Å². The molecule has 0 amide bonds. The average Bonchev–Trinajstić information content (AvgIpc) is 2.00.